The summed E-state index contributed by atoms with van der Waals surface area (Å²) in [6.07, 6.45) is 3.38. The van der Waals surface area contributed by atoms with Gasteiger partial charge in [-0.25, -0.2) is 0 Å². The zero-order valence-electron chi connectivity index (χ0n) is 13.8. The van der Waals surface area contributed by atoms with Gasteiger partial charge in [-0.05, 0) is 36.8 Å². The van der Waals surface area contributed by atoms with Crippen molar-refractivity contribution < 1.29 is 4.79 Å². The van der Waals surface area contributed by atoms with Crippen LogP contribution >= 0.6 is 58.6 Å². The van der Waals surface area contributed by atoms with Crippen LogP contribution in [0.3, 0.4) is 0 Å². The number of benzene rings is 1. The van der Waals surface area contributed by atoms with Gasteiger partial charge >= 0.3 is 0 Å². The van der Waals surface area contributed by atoms with Crippen molar-refractivity contribution in [3.05, 3.63) is 29.3 Å². The third kappa shape index (κ3) is 9.71. The average molecular weight is 445 g/mol. The molecule has 1 aromatic rings. The number of carbonyl (C=O) groups is 1. The first-order valence-electron chi connectivity index (χ1n) is 7.91. The van der Waals surface area contributed by atoms with Gasteiger partial charge in [-0.2, -0.15) is 0 Å². The van der Waals surface area contributed by atoms with E-state index < -0.39 is 9.96 Å². The molecule has 0 spiro atoms. The van der Waals surface area contributed by atoms with Crippen LogP contribution in [0.1, 0.15) is 39.0 Å². The maximum Gasteiger partial charge on any atom is 0.228 e. The Bertz CT molecular complexity index is 581. The highest BCUT2D eigenvalue weighted by molar-refractivity contribution is 7.80. The molecule has 4 nitrogen and oxygen atoms in total. The van der Waals surface area contributed by atoms with Gasteiger partial charge in [-0.3, -0.25) is 4.79 Å². The summed E-state index contributed by atoms with van der Waals surface area (Å²) >= 11 is 29.0. The first-order valence-corrected chi connectivity index (χ1v) is 9.83. The maximum absolute atomic E-state index is 12.0. The third-order valence-corrected chi connectivity index (χ3v) is 4.36. The minimum Gasteiger partial charge on any atom is -0.339 e. The number of unbranched alkanes of at least 4 members (excludes halogenated alkanes) is 3. The molecule has 3 N–H and O–H groups in total. The van der Waals surface area contributed by atoms with Gasteiger partial charge in [-0.15, -0.1) is 0 Å². The zero-order chi connectivity index (χ0) is 18.9. The van der Waals surface area contributed by atoms with Gasteiger partial charge < -0.3 is 16.0 Å². The fourth-order valence-corrected chi connectivity index (χ4v) is 2.76. The van der Waals surface area contributed by atoms with Crippen LogP contribution in [0, 0.1) is 0 Å². The van der Waals surface area contributed by atoms with Gasteiger partial charge in [0.25, 0.3) is 0 Å². The van der Waals surface area contributed by atoms with Crippen molar-refractivity contribution in [1.29, 1.82) is 0 Å². The van der Waals surface area contributed by atoms with Crippen LogP contribution in [0.15, 0.2) is 24.3 Å². The summed E-state index contributed by atoms with van der Waals surface area (Å²) in [7, 11) is 0. The zero-order valence-corrected chi connectivity index (χ0v) is 17.6. The predicted molar refractivity (Wildman–Crippen MR) is 112 cm³/mol. The SMILES string of the molecule is CCCCCCC(=O)NC(NC(=S)Nc1cccc(Cl)c1)C(Cl)(Cl)Cl. The Labute approximate surface area is 173 Å². The van der Waals surface area contributed by atoms with Gasteiger partial charge in [0, 0.05) is 17.1 Å². The molecule has 25 heavy (non-hydrogen) atoms. The van der Waals surface area contributed by atoms with Gasteiger partial charge in [0.15, 0.2) is 5.11 Å². The number of hydrogen-bond acceptors (Lipinski definition) is 2. The Kier molecular flexibility index (Phi) is 10.2. The molecule has 140 valence electrons. The van der Waals surface area contributed by atoms with E-state index >= 15 is 0 Å². The molecule has 0 saturated heterocycles. The van der Waals surface area contributed by atoms with E-state index in [1.165, 1.54) is 0 Å². The molecule has 1 rings (SSSR count). The fourth-order valence-electron chi connectivity index (χ4n) is 2.01. The van der Waals surface area contributed by atoms with E-state index in [1.54, 1.807) is 24.3 Å². The van der Waals surface area contributed by atoms with Crippen LogP contribution in [0.5, 0.6) is 0 Å². The van der Waals surface area contributed by atoms with Gasteiger partial charge in [0.05, 0.1) is 0 Å². The minimum atomic E-state index is -1.76. The predicted octanol–water partition coefficient (Wildman–Crippen LogP) is 5.41. The molecule has 9 heteroatoms. The molecule has 1 unspecified atom stereocenters. The number of hydrogen-bond donors (Lipinski definition) is 3. The normalized spacial score (nSPS) is 12.4. The molecule has 0 fully saturated rings. The van der Waals surface area contributed by atoms with E-state index in [0.29, 0.717) is 17.1 Å². The summed E-state index contributed by atoms with van der Waals surface area (Å²) in [5, 5.41) is 9.16. The van der Waals surface area contributed by atoms with Gasteiger partial charge in [-0.1, -0.05) is 78.7 Å². The first-order chi connectivity index (χ1) is 11.7. The monoisotopic (exact) mass is 443 g/mol. The van der Waals surface area contributed by atoms with E-state index in [2.05, 4.69) is 22.9 Å². The fraction of sp³-hybridized carbons (Fsp3) is 0.500. The van der Waals surface area contributed by atoms with Gasteiger partial charge in [0.2, 0.25) is 9.70 Å². The Morgan fingerprint density at radius 3 is 2.52 bits per heavy atom. The Morgan fingerprint density at radius 2 is 1.92 bits per heavy atom. The van der Waals surface area contributed by atoms with Crippen molar-refractivity contribution in [3.8, 4) is 0 Å². The minimum absolute atomic E-state index is 0.199. The topological polar surface area (TPSA) is 53.2 Å². The second-order valence-electron chi connectivity index (χ2n) is 5.46. The van der Waals surface area contributed by atoms with Crippen LogP contribution < -0.4 is 16.0 Å². The summed E-state index contributed by atoms with van der Waals surface area (Å²) < 4.78 is -1.76. The number of halogens is 4. The third-order valence-electron chi connectivity index (χ3n) is 3.25. The number of amides is 1. The molecule has 0 radical (unpaired) electrons. The molecule has 0 bridgehead atoms. The van der Waals surface area contributed by atoms with Crippen molar-refractivity contribution in [1.82, 2.24) is 10.6 Å². The molecule has 0 aliphatic carbocycles. The first kappa shape index (κ1) is 22.6. The van der Waals surface area contributed by atoms with E-state index in [4.69, 9.17) is 58.6 Å². The highest BCUT2D eigenvalue weighted by Crippen LogP contribution is 2.29. The molecule has 0 aromatic heterocycles. The lowest BCUT2D eigenvalue weighted by Crippen LogP contribution is -2.56. The molecule has 1 atom stereocenters. The van der Waals surface area contributed by atoms with Gasteiger partial charge in [0.1, 0.15) is 6.17 Å². The quantitative estimate of drug-likeness (QED) is 0.217. The van der Waals surface area contributed by atoms with Crippen molar-refractivity contribution in [2.24, 2.45) is 0 Å². The molecule has 1 amide bonds. The number of anilines is 1. The lowest BCUT2D eigenvalue weighted by Gasteiger charge is -2.27. The Hall–Kier alpha value is -0.460. The summed E-state index contributed by atoms with van der Waals surface area (Å²) in [4.78, 5) is 12.0. The summed E-state index contributed by atoms with van der Waals surface area (Å²) in [6.45, 7) is 2.11. The lowest BCUT2D eigenvalue weighted by molar-refractivity contribution is -0.122. The lowest BCUT2D eigenvalue weighted by atomic mass is 10.1. The van der Waals surface area contributed by atoms with Crippen molar-refractivity contribution in [2.45, 2.75) is 49.0 Å². The molecule has 0 heterocycles. The highest BCUT2D eigenvalue weighted by atomic mass is 35.6. The van der Waals surface area contributed by atoms with E-state index in [1.807, 2.05) is 0 Å². The van der Waals surface area contributed by atoms with Crippen LogP contribution in [-0.2, 0) is 4.79 Å². The molecular weight excluding hydrogens is 424 g/mol. The largest absolute Gasteiger partial charge is 0.339 e. The molecule has 0 aliphatic heterocycles. The average Bonchev–Trinajstić information content (AvgIpc) is 2.50. The molecular formula is C16H21Cl4N3OS. The van der Waals surface area contributed by atoms with E-state index in [-0.39, 0.29) is 11.0 Å². The molecule has 0 saturated carbocycles. The second kappa shape index (κ2) is 11.3. The summed E-state index contributed by atoms with van der Waals surface area (Å²) in [6, 6.07) is 7.01. The van der Waals surface area contributed by atoms with E-state index in [0.717, 1.165) is 25.7 Å². The number of rotatable bonds is 8. The smallest absolute Gasteiger partial charge is 0.228 e. The number of thiocarbonyl (C=S) groups is 1. The Balaban J connectivity index is 2.57. The van der Waals surface area contributed by atoms with Crippen LogP contribution in [0.4, 0.5) is 5.69 Å². The second-order valence-corrected chi connectivity index (χ2v) is 8.68. The van der Waals surface area contributed by atoms with Crippen LogP contribution in [0.2, 0.25) is 5.02 Å². The highest BCUT2D eigenvalue weighted by Gasteiger charge is 2.34. The van der Waals surface area contributed by atoms with Crippen LogP contribution in [0.25, 0.3) is 0 Å². The number of carbonyl (C=O) groups excluding carboxylic acids is 1. The standard InChI is InChI=1S/C16H21Cl4N3OS/c1-2-3-4-5-9-13(24)22-14(16(18,19)20)23-15(25)21-12-8-6-7-11(17)10-12/h6-8,10,14H,2-5,9H2,1H3,(H,22,24)(H2,21,23,25). The molecule has 0 aliphatic rings. The summed E-state index contributed by atoms with van der Waals surface area (Å²) in [5.41, 5.74) is 0.680. The Morgan fingerprint density at radius 1 is 1.20 bits per heavy atom. The van der Waals surface area contributed by atoms with Crippen molar-refractivity contribution in [2.75, 3.05) is 5.32 Å². The van der Waals surface area contributed by atoms with E-state index in [9.17, 15) is 4.79 Å². The summed E-state index contributed by atoms with van der Waals surface area (Å²) in [5.74, 6) is -0.203. The van der Waals surface area contributed by atoms with Crippen LogP contribution in [-0.4, -0.2) is 21.0 Å². The van der Waals surface area contributed by atoms with Crippen molar-refractivity contribution in [3.63, 3.8) is 0 Å². The molecule has 1 aromatic carbocycles. The van der Waals surface area contributed by atoms with Crippen molar-refractivity contribution >= 4 is 75.3 Å². The maximum atomic E-state index is 12.0. The number of alkyl halides is 3. The number of nitrogens with one attached hydrogen (secondary N) is 3.